The molecule has 9 heteroatoms. The van der Waals surface area contributed by atoms with E-state index in [9.17, 15) is 8.42 Å². The molecule has 0 amide bonds. The minimum Gasteiger partial charge on any atom is -0.295 e. The fourth-order valence-electron chi connectivity index (χ4n) is 4.38. The van der Waals surface area contributed by atoms with Gasteiger partial charge in [-0.25, -0.2) is 13.1 Å². The van der Waals surface area contributed by atoms with E-state index in [0.29, 0.717) is 35.5 Å². The molecule has 3 aromatic rings. The van der Waals surface area contributed by atoms with Gasteiger partial charge in [0, 0.05) is 22.7 Å². The van der Waals surface area contributed by atoms with Gasteiger partial charge in [-0.2, -0.15) is 5.10 Å². The van der Waals surface area contributed by atoms with Crippen LogP contribution >= 0.6 is 23.8 Å². The number of nitrogens with zero attached hydrogens (tertiary/aromatic N) is 4. The maximum atomic E-state index is 12.1. The summed E-state index contributed by atoms with van der Waals surface area (Å²) in [5.74, 6) is 1.28. The second kappa shape index (κ2) is 8.74. The zero-order chi connectivity index (χ0) is 22.3. The Hall–Kier alpha value is -2.00. The van der Waals surface area contributed by atoms with Gasteiger partial charge < -0.3 is 0 Å². The second-order valence-corrected chi connectivity index (χ2v) is 11.7. The van der Waals surface area contributed by atoms with Crippen molar-refractivity contribution in [1.82, 2.24) is 19.2 Å². The van der Waals surface area contributed by atoms with Crippen LogP contribution in [0, 0.1) is 4.77 Å². The van der Waals surface area contributed by atoms with Gasteiger partial charge in [0.15, 0.2) is 20.4 Å². The number of halogens is 1. The van der Waals surface area contributed by atoms with Crippen molar-refractivity contribution in [3.8, 4) is 11.4 Å². The van der Waals surface area contributed by atoms with Crippen molar-refractivity contribution in [2.24, 2.45) is 0 Å². The van der Waals surface area contributed by atoms with Gasteiger partial charge in [-0.15, -0.1) is 0 Å². The Bertz CT molecular complexity index is 1270. The lowest BCUT2D eigenvalue weighted by Crippen LogP contribution is -2.39. The Morgan fingerprint density at radius 1 is 1.03 bits per heavy atom. The third-order valence-corrected chi connectivity index (χ3v) is 8.63. The smallest absolute Gasteiger partial charge is 0.199 e. The van der Waals surface area contributed by atoms with Gasteiger partial charge in [0.25, 0.3) is 0 Å². The highest BCUT2D eigenvalue weighted by molar-refractivity contribution is 7.91. The van der Waals surface area contributed by atoms with Crippen LogP contribution in [0.15, 0.2) is 54.6 Å². The minimum absolute atomic E-state index is 0.0349. The third-order valence-electron chi connectivity index (χ3n) is 6.20. The number of benzene rings is 2. The molecule has 168 valence electrons. The molecule has 32 heavy (non-hydrogen) atoms. The molecule has 1 saturated heterocycles. The summed E-state index contributed by atoms with van der Waals surface area (Å²) in [6.07, 6.45) is 2.87. The second-order valence-electron chi connectivity index (χ2n) is 8.63. The predicted octanol–water partition coefficient (Wildman–Crippen LogP) is 4.39. The minimum atomic E-state index is -2.95. The van der Waals surface area contributed by atoms with E-state index in [2.05, 4.69) is 17.0 Å². The highest BCUT2D eigenvalue weighted by Crippen LogP contribution is 2.33. The van der Waals surface area contributed by atoms with E-state index in [1.165, 1.54) is 0 Å². The Morgan fingerprint density at radius 2 is 1.75 bits per heavy atom. The summed E-state index contributed by atoms with van der Waals surface area (Å²) in [7, 11) is -2.95. The number of hydrogen-bond donors (Lipinski definition) is 0. The lowest BCUT2D eigenvalue weighted by Gasteiger charge is -2.27. The summed E-state index contributed by atoms with van der Waals surface area (Å²) in [5.41, 5.74) is 2.08. The van der Waals surface area contributed by atoms with Crippen LogP contribution in [0.2, 0.25) is 5.02 Å². The van der Waals surface area contributed by atoms with Crippen molar-refractivity contribution in [2.45, 2.75) is 44.6 Å². The van der Waals surface area contributed by atoms with Crippen molar-refractivity contribution in [3.63, 3.8) is 0 Å². The molecule has 1 aliphatic carbocycles. The summed E-state index contributed by atoms with van der Waals surface area (Å²) >= 11 is 12.0. The summed E-state index contributed by atoms with van der Waals surface area (Å²) < 4.78 is 28.7. The molecular weight excluding hydrogens is 464 g/mol. The van der Waals surface area contributed by atoms with E-state index in [0.717, 1.165) is 29.8 Å². The summed E-state index contributed by atoms with van der Waals surface area (Å²) in [5, 5.41) is 5.57. The normalized spacial score (nSPS) is 20.1. The van der Waals surface area contributed by atoms with Gasteiger partial charge >= 0.3 is 0 Å². The van der Waals surface area contributed by atoms with Gasteiger partial charge in [-0.1, -0.05) is 41.9 Å². The van der Waals surface area contributed by atoms with Crippen molar-refractivity contribution in [3.05, 3.63) is 70.0 Å². The highest BCUT2D eigenvalue weighted by Gasteiger charge is 2.40. The molecule has 2 heterocycles. The van der Waals surface area contributed by atoms with E-state index < -0.39 is 9.84 Å². The van der Waals surface area contributed by atoms with E-state index in [4.69, 9.17) is 28.9 Å². The molecule has 2 aromatic carbocycles. The molecule has 0 spiro atoms. The molecule has 6 nitrogen and oxygen atoms in total. The van der Waals surface area contributed by atoms with Crippen LogP contribution in [-0.2, 0) is 23.1 Å². The Kier molecular flexibility index (Phi) is 5.96. The third kappa shape index (κ3) is 4.69. The zero-order valence-corrected chi connectivity index (χ0v) is 20.0. The molecular formula is C23H25ClN4O2S2. The van der Waals surface area contributed by atoms with Crippen molar-refractivity contribution < 1.29 is 8.42 Å². The van der Waals surface area contributed by atoms with Crippen LogP contribution < -0.4 is 0 Å². The quantitative estimate of drug-likeness (QED) is 0.461. The summed E-state index contributed by atoms with van der Waals surface area (Å²) in [6, 6.07) is 18.2. The van der Waals surface area contributed by atoms with Crippen LogP contribution in [0.1, 0.15) is 24.8 Å². The average molecular weight is 489 g/mol. The molecule has 0 N–H and O–H groups in total. The zero-order valence-electron chi connectivity index (χ0n) is 17.6. The number of rotatable bonds is 7. The van der Waals surface area contributed by atoms with Crippen LogP contribution in [-0.4, -0.2) is 51.3 Å². The monoisotopic (exact) mass is 488 g/mol. The first-order valence-corrected chi connectivity index (χ1v) is 13.4. The summed E-state index contributed by atoms with van der Waals surface area (Å²) in [6.45, 7) is 1.12. The van der Waals surface area contributed by atoms with Crippen LogP contribution in [0.4, 0.5) is 0 Å². The van der Waals surface area contributed by atoms with Gasteiger partial charge in [0.1, 0.15) is 0 Å². The fourth-order valence-corrected chi connectivity index (χ4v) is 6.50. The van der Waals surface area contributed by atoms with Crippen molar-refractivity contribution in [1.29, 1.82) is 0 Å². The molecule has 1 aromatic heterocycles. The molecule has 5 rings (SSSR count). The molecule has 0 bridgehead atoms. The van der Waals surface area contributed by atoms with Gasteiger partial charge in [0.2, 0.25) is 0 Å². The van der Waals surface area contributed by atoms with Crippen molar-refractivity contribution in [2.75, 3.05) is 11.5 Å². The largest absolute Gasteiger partial charge is 0.295 e. The number of aromatic nitrogens is 3. The molecule has 2 aliphatic rings. The molecule has 0 unspecified atom stereocenters. The Labute approximate surface area is 198 Å². The number of sulfone groups is 1. The molecule has 0 radical (unpaired) electrons. The van der Waals surface area contributed by atoms with E-state index in [1.54, 1.807) is 0 Å². The first kappa shape index (κ1) is 21.8. The summed E-state index contributed by atoms with van der Waals surface area (Å²) in [4.78, 5) is 2.30. The Balaban J connectivity index is 1.51. The molecule has 1 aliphatic heterocycles. The van der Waals surface area contributed by atoms with Gasteiger partial charge in [-0.3, -0.25) is 9.47 Å². The lowest BCUT2D eigenvalue weighted by molar-refractivity contribution is 0.145. The van der Waals surface area contributed by atoms with E-state index in [-0.39, 0.29) is 17.5 Å². The average Bonchev–Trinajstić information content (AvgIpc) is 3.49. The number of hydrogen-bond acceptors (Lipinski definition) is 5. The Morgan fingerprint density at radius 3 is 2.38 bits per heavy atom. The molecule has 2 fully saturated rings. The van der Waals surface area contributed by atoms with Gasteiger partial charge in [0.05, 0.1) is 24.7 Å². The van der Waals surface area contributed by atoms with Crippen molar-refractivity contribution >= 4 is 33.7 Å². The first-order valence-electron chi connectivity index (χ1n) is 10.8. The SMILES string of the molecule is O=S1(=O)CC[C@H](N(Cn2nc(-c3ccc(Cl)cc3)n(Cc3ccccc3)c2=S)C2CC2)C1. The topological polar surface area (TPSA) is 60.1 Å². The lowest BCUT2D eigenvalue weighted by atomic mass is 10.2. The van der Waals surface area contributed by atoms with E-state index >= 15 is 0 Å². The van der Waals surface area contributed by atoms with Crippen LogP contribution in [0.3, 0.4) is 0 Å². The predicted molar refractivity (Wildman–Crippen MR) is 129 cm³/mol. The maximum Gasteiger partial charge on any atom is 0.199 e. The van der Waals surface area contributed by atoms with Crippen LogP contribution in [0.5, 0.6) is 0 Å². The first-order chi connectivity index (χ1) is 15.4. The molecule has 1 atom stereocenters. The highest BCUT2D eigenvalue weighted by atomic mass is 35.5. The van der Waals surface area contributed by atoms with Gasteiger partial charge in [-0.05, 0) is 61.3 Å². The standard InChI is InChI=1S/C23H25ClN4O2S2/c24-19-8-6-18(7-9-19)22-25-28(23(31)26(22)14-17-4-2-1-3-5-17)16-27(20-10-11-20)21-12-13-32(29,30)15-21/h1-9,20-21H,10-16H2/t21-/m0/s1. The van der Waals surface area contributed by atoms with Crippen LogP contribution in [0.25, 0.3) is 11.4 Å². The van der Waals surface area contributed by atoms with E-state index in [1.807, 2.05) is 51.7 Å². The fraction of sp³-hybridized carbons (Fsp3) is 0.391. The molecule has 1 saturated carbocycles. The maximum absolute atomic E-state index is 12.1.